The summed E-state index contributed by atoms with van der Waals surface area (Å²) in [4.78, 5) is 11.6. The van der Waals surface area contributed by atoms with Crippen LogP contribution in [0, 0.1) is 0 Å². The molecule has 1 fully saturated rings. The van der Waals surface area contributed by atoms with Crippen molar-refractivity contribution in [2.75, 3.05) is 13.7 Å². The van der Waals surface area contributed by atoms with E-state index in [0.29, 0.717) is 13.0 Å². The minimum absolute atomic E-state index is 0.0899. The van der Waals surface area contributed by atoms with Crippen LogP contribution in [0.5, 0.6) is 0 Å². The number of methoxy groups -OCH3 is 1. The zero-order chi connectivity index (χ0) is 11.3. The normalized spacial score (nSPS) is 20.5. The summed E-state index contributed by atoms with van der Waals surface area (Å²) in [5, 5.41) is 3.04. The molecule has 1 unspecified atom stereocenters. The van der Waals surface area contributed by atoms with Crippen LogP contribution < -0.4 is 11.1 Å². The Morgan fingerprint density at radius 3 is 2.67 bits per heavy atom. The first-order chi connectivity index (χ1) is 7.12. The van der Waals surface area contributed by atoms with Crippen molar-refractivity contribution in [3.8, 4) is 0 Å². The molecule has 1 rings (SSSR count). The van der Waals surface area contributed by atoms with Crippen molar-refractivity contribution >= 4 is 5.91 Å². The highest BCUT2D eigenvalue weighted by Crippen LogP contribution is 2.30. The molecule has 4 heteroatoms. The van der Waals surface area contributed by atoms with E-state index in [-0.39, 0.29) is 17.6 Å². The smallest absolute Gasteiger partial charge is 0.220 e. The largest absolute Gasteiger partial charge is 0.382 e. The van der Waals surface area contributed by atoms with Gasteiger partial charge in [0.25, 0.3) is 0 Å². The van der Waals surface area contributed by atoms with Gasteiger partial charge in [0.1, 0.15) is 0 Å². The van der Waals surface area contributed by atoms with Crippen LogP contribution in [-0.2, 0) is 9.53 Å². The van der Waals surface area contributed by atoms with Crippen molar-refractivity contribution in [3.05, 3.63) is 0 Å². The summed E-state index contributed by atoms with van der Waals surface area (Å²) in [5.74, 6) is 0.101. The van der Waals surface area contributed by atoms with Gasteiger partial charge < -0.3 is 15.8 Å². The summed E-state index contributed by atoms with van der Waals surface area (Å²) in [7, 11) is 1.66. The zero-order valence-corrected chi connectivity index (χ0v) is 9.71. The molecule has 0 aromatic heterocycles. The highest BCUT2D eigenvalue weighted by Gasteiger charge is 2.36. The number of rotatable bonds is 6. The van der Waals surface area contributed by atoms with E-state index in [2.05, 4.69) is 5.32 Å². The summed E-state index contributed by atoms with van der Waals surface area (Å²) >= 11 is 0. The maximum Gasteiger partial charge on any atom is 0.220 e. The third-order valence-electron chi connectivity index (χ3n) is 3.29. The summed E-state index contributed by atoms with van der Waals surface area (Å²) in [5.41, 5.74) is 5.57. The van der Waals surface area contributed by atoms with E-state index in [1.54, 1.807) is 7.11 Å². The van der Waals surface area contributed by atoms with Crippen LogP contribution in [0.15, 0.2) is 0 Å². The highest BCUT2D eigenvalue weighted by molar-refractivity contribution is 5.77. The Labute approximate surface area is 91.5 Å². The monoisotopic (exact) mass is 214 g/mol. The number of amides is 1. The highest BCUT2D eigenvalue weighted by atomic mass is 16.5. The summed E-state index contributed by atoms with van der Waals surface area (Å²) in [6.07, 6.45) is 4.65. The predicted octanol–water partition coefficient (Wildman–Crippen LogP) is 0.799. The number of nitrogens with two attached hydrogens (primary N) is 1. The van der Waals surface area contributed by atoms with Gasteiger partial charge in [-0.3, -0.25) is 4.79 Å². The van der Waals surface area contributed by atoms with Gasteiger partial charge in [0, 0.05) is 20.1 Å². The lowest BCUT2D eigenvalue weighted by molar-refractivity contribution is -0.124. The predicted molar refractivity (Wildman–Crippen MR) is 59.5 cm³/mol. The van der Waals surface area contributed by atoms with Crippen LogP contribution in [0.2, 0.25) is 0 Å². The topological polar surface area (TPSA) is 64.3 Å². The second kappa shape index (κ2) is 5.47. The molecule has 0 heterocycles. The standard InChI is InChI=1S/C11H22N2O2/c1-9(15-2)4-5-10(14)13-11(8-12)6-3-7-11/h9H,3-8,12H2,1-2H3,(H,13,14). The van der Waals surface area contributed by atoms with E-state index < -0.39 is 0 Å². The van der Waals surface area contributed by atoms with Crippen LogP contribution >= 0.6 is 0 Å². The molecule has 3 N–H and O–H groups in total. The van der Waals surface area contributed by atoms with E-state index in [1.165, 1.54) is 6.42 Å². The van der Waals surface area contributed by atoms with E-state index >= 15 is 0 Å². The number of nitrogens with one attached hydrogen (secondary N) is 1. The lowest BCUT2D eigenvalue weighted by atomic mass is 9.76. The number of carbonyl (C=O) groups excluding carboxylic acids is 1. The van der Waals surface area contributed by atoms with Gasteiger partial charge in [0.15, 0.2) is 0 Å². The van der Waals surface area contributed by atoms with Gasteiger partial charge in [-0.05, 0) is 32.6 Å². The molecule has 4 nitrogen and oxygen atoms in total. The maximum atomic E-state index is 11.6. The first kappa shape index (κ1) is 12.5. The Balaban J connectivity index is 2.23. The molecule has 1 atom stereocenters. The van der Waals surface area contributed by atoms with Crippen molar-refractivity contribution in [1.82, 2.24) is 5.32 Å². The molecular weight excluding hydrogens is 192 g/mol. The zero-order valence-electron chi connectivity index (χ0n) is 9.71. The SMILES string of the molecule is COC(C)CCC(=O)NC1(CN)CCC1. The summed E-state index contributed by atoms with van der Waals surface area (Å²) in [6, 6.07) is 0. The second-order valence-electron chi connectivity index (χ2n) is 4.47. The van der Waals surface area contributed by atoms with Gasteiger partial charge in [-0.1, -0.05) is 0 Å². The number of hydrogen-bond acceptors (Lipinski definition) is 3. The van der Waals surface area contributed by atoms with Gasteiger partial charge in [0.05, 0.1) is 11.6 Å². The van der Waals surface area contributed by atoms with Crippen LogP contribution in [0.25, 0.3) is 0 Å². The average Bonchev–Trinajstić information content (AvgIpc) is 2.20. The molecule has 0 spiro atoms. The van der Waals surface area contributed by atoms with Crippen LogP contribution in [0.1, 0.15) is 39.0 Å². The summed E-state index contributed by atoms with van der Waals surface area (Å²) < 4.78 is 5.09. The lowest BCUT2D eigenvalue weighted by Crippen LogP contribution is -2.58. The van der Waals surface area contributed by atoms with E-state index in [1.807, 2.05) is 6.92 Å². The summed E-state index contributed by atoms with van der Waals surface area (Å²) in [6.45, 7) is 2.52. The Bertz CT molecular complexity index is 209. The van der Waals surface area contributed by atoms with Crippen molar-refractivity contribution in [3.63, 3.8) is 0 Å². The second-order valence-corrected chi connectivity index (χ2v) is 4.47. The van der Waals surface area contributed by atoms with Gasteiger partial charge in [0.2, 0.25) is 5.91 Å². The third-order valence-corrected chi connectivity index (χ3v) is 3.29. The molecular formula is C11H22N2O2. The van der Waals surface area contributed by atoms with Crippen molar-refractivity contribution < 1.29 is 9.53 Å². The van der Waals surface area contributed by atoms with Gasteiger partial charge in [-0.25, -0.2) is 0 Å². The van der Waals surface area contributed by atoms with Crippen LogP contribution in [0.4, 0.5) is 0 Å². The Morgan fingerprint density at radius 2 is 2.27 bits per heavy atom. The Kier molecular flexibility index (Phi) is 4.54. The van der Waals surface area contributed by atoms with Crippen molar-refractivity contribution in [2.45, 2.75) is 50.7 Å². The molecule has 0 aliphatic heterocycles. The third kappa shape index (κ3) is 3.47. The lowest BCUT2D eigenvalue weighted by Gasteiger charge is -2.41. The van der Waals surface area contributed by atoms with E-state index in [4.69, 9.17) is 10.5 Å². The van der Waals surface area contributed by atoms with Gasteiger partial charge >= 0.3 is 0 Å². The fourth-order valence-electron chi connectivity index (χ4n) is 1.79. The Hall–Kier alpha value is -0.610. The molecule has 0 aromatic rings. The molecule has 1 aliphatic rings. The number of ether oxygens (including phenoxy) is 1. The minimum atomic E-state index is -0.0899. The van der Waals surface area contributed by atoms with Crippen molar-refractivity contribution in [1.29, 1.82) is 0 Å². The molecule has 0 radical (unpaired) electrons. The average molecular weight is 214 g/mol. The molecule has 0 saturated heterocycles. The first-order valence-electron chi connectivity index (χ1n) is 5.66. The fourth-order valence-corrected chi connectivity index (χ4v) is 1.79. The molecule has 0 bridgehead atoms. The molecule has 15 heavy (non-hydrogen) atoms. The first-order valence-corrected chi connectivity index (χ1v) is 5.66. The van der Waals surface area contributed by atoms with Crippen molar-refractivity contribution in [2.24, 2.45) is 5.73 Å². The molecule has 1 saturated carbocycles. The minimum Gasteiger partial charge on any atom is -0.382 e. The molecule has 1 aliphatic carbocycles. The maximum absolute atomic E-state index is 11.6. The van der Waals surface area contributed by atoms with Gasteiger partial charge in [-0.2, -0.15) is 0 Å². The van der Waals surface area contributed by atoms with E-state index in [9.17, 15) is 4.79 Å². The van der Waals surface area contributed by atoms with Crippen LogP contribution in [0.3, 0.4) is 0 Å². The number of carbonyl (C=O) groups is 1. The van der Waals surface area contributed by atoms with E-state index in [0.717, 1.165) is 19.3 Å². The van der Waals surface area contributed by atoms with Crippen LogP contribution in [-0.4, -0.2) is 31.2 Å². The Morgan fingerprint density at radius 1 is 1.60 bits per heavy atom. The number of hydrogen-bond donors (Lipinski definition) is 2. The molecule has 0 aromatic carbocycles. The molecule has 1 amide bonds. The fraction of sp³-hybridized carbons (Fsp3) is 0.909. The quantitative estimate of drug-likeness (QED) is 0.687. The molecule has 88 valence electrons. The van der Waals surface area contributed by atoms with Gasteiger partial charge in [-0.15, -0.1) is 0 Å².